The second-order valence-corrected chi connectivity index (χ2v) is 6.02. The first kappa shape index (κ1) is 17.5. The Kier molecular flexibility index (Phi) is 6.19. The average Bonchev–Trinajstić information content (AvgIpc) is 3.15. The minimum Gasteiger partial charge on any atom is -0.352 e. The third-order valence-electron chi connectivity index (χ3n) is 4.18. The van der Waals surface area contributed by atoms with Gasteiger partial charge in [-0.2, -0.15) is 5.10 Å². The molecule has 0 spiro atoms. The van der Waals surface area contributed by atoms with E-state index in [4.69, 9.17) is 5.73 Å². The number of nitrogens with zero attached hydrogens (tertiary/aromatic N) is 2. The number of aromatic nitrogens is 2. The van der Waals surface area contributed by atoms with Crippen molar-refractivity contribution in [3.05, 3.63) is 53.9 Å². The Hall–Kier alpha value is -1.85. The van der Waals surface area contributed by atoms with E-state index in [2.05, 4.69) is 22.5 Å². The minimum atomic E-state index is 0. The lowest BCUT2D eigenvalue weighted by Crippen LogP contribution is -2.29. The Morgan fingerprint density at radius 1 is 1.26 bits per heavy atom. The molecule has 124 valence electrons. The molecule has 3 N–H and O–H groups in total. The molecule has 6 heteroatoms. The molecule has 1 aromatic heterocycles. The number of carbonyl (C=O) groups excluding carboxylic acids is 1. The molecule has 0 radical (unpaired) electrons. The van der Waals surface area contributed by atoms with Gasteiger partial charge < -0.3 is 11.1 Å². The van der Waals surface area contributed by atoms with Crippen LogP contribution < -0.4 is 11.1 Å². The van der Waals surface area contributed by atoms with E-state index in [0.29, 0.717) is 6.54 Å². The zero-order valence-corrected chi connectivity index (χ0v) is 13.8. The molecule has 2 unspecified atom stereocenters. The summed E-state index contributed by atoms with van der Waals surface area (Å²) in [5.74, 6) is 0.193. The lowest BCUT2D eigenvalue weighted by molar-refractivity contribution is -0.125. The molecule has 1 aliphatic rings. The van der Waals surface area contributed by atoms with Crippen LogP contribution in [-0.2, 0) is 17.9 Å². The Morgan fingerprint density at radius 2 is 2.04 bits per heavy atom. The highest BCUT2D eigenvalue weighted by molar-refractivity contribution is 5.85. The van der Waals surface area contributed by atoms with Gasteiger partial charge in [0.05, 0.1) is 12.7 Å². The summed E-state index contributed by atoms with van der Waals surface area (Å²) in [6.07, 6.45) is 6.45. The molecule has 0 aliphatic heterocycles. The predicted molar refractivity (Wildman–Crippen MR) is 92.2 cm³/mol. The van der Waals surface area contributed by atoms with Gasteiger partial charge in [-0.1, -0.05) is 30.3 Å². The minimum absolute atomic E-state index is 0. The number of rotatable bonds is 5. The Morgan fingerprint density at radius 3 is 2.74 bits per heavy atom. The molecule has 1 aliphatic carbocycles. The molecule has 1 heterocycles. The summed E-state index contributed by atoms with van der Waals surface area (Å²) < 4.78 is 1.89. The second kappa shape index (κ2) is 8.13. The molecular weight excluding hydrogens is 312 g/mol. The third kappa shape index (κ3) is 4.81. The van der Waals surface area contributed by atoms with Crippen LogP contribution in [0.5, 0.6) is 0 Å². The summed E-state index contributed by atoms with van der Waals surface area (Å²) >= 11 is 0. The van der Waals surface area contributed by atoms with Crippen molar-refractivity contribution in [3.63, 3.8) is 0 Å². The van der Waals surface area contributed by atoms with Crippen molar-refractivity contribution < 1.29 is 4.79 Å². The number of halogens is 1. The molecule has 1 saturated carbocycles. The van der Waals surface area contributed by atoms with E-state index in [0.717, 1.165) is 31.4 Å². The van der Waals surface area contributed by atoms with Gasteiger partial charge in [-0.15, -0.1) is 12.4 Å². The fourth-order valence-electron chi connectivity index (χ4n) is 2.94. The third-order valence-corrected chi connectivity index (χ3v) is 4.18. The van der Waals surface area contributed by atoms with Gasteiger partial charge in [-0.05, 0) is 24.8 Å². The fraction of sp³-hybridized carbons (Fsp3) is 0.412. The average molecular weight is 335 g/mol. The van der Waals surface area contributed by atoms with Gasteiger partial charge >= 0.3 is 0 Å². The van der Waals surface area contributed by atoms with Crippen molar-refractivity contribution >= 4 is 18.3 Å². The van der Waals surface area contributed by atoms with Crippen LogP contribution in [0.3, 0.4) is 0 Å². The number of carbonyl (C=O) groups is 1. The van der Waals surface area contributed by atoms with E-state index in [1.165, 1.54) is 5.56 Å². The lowest BCUT2D eigenvalue weighted by atomic mass is 10.1. The first-order valence-corrected chi connectivity index (χ1v) is 7.79. The maximum atomic E-state index is 12.1. The topological polar surface area (TPSA) is 72.9 Å². The smallest absolute Gasteiger partial charge is 0.223 e. The quantitative estimate of drug-likeness (QED) is 0.879. The van der Waals surface area contributed by atoms with Crippen LogP contribution in [0.2, 0.25) is 0 Å². The predicted octanol–water partition coefficient (Wildman–Crippen LogP) is 2.10. The van der Waals surface area contributed by atoms with Gasteiger partial charge in [0.2, 0.25) is 5.91 Å². The van der Waals surface area contributed by atoms with Crippen LogP contribution in [0.15, 0.2) is 42.7 Å². The van der Waals surface area contributed by atoms with Gasteiger partial charge in [-0.3, -0.25) is 9.48 Å². The van der Waals surface area contributed by atoms with Gasteiger partial charge in [0.1, 0.15) is 0 Å². The first-order valence-electron chi connectivity index (χ1n) is 7.79. The number of nitrogens with two attached hydrogens (primary N) is 1. The van der Waals surface area contributed by atoms with Crippen molar-refractivity contribution in [2.24, 2.45) is 11.7 Å². The van der Waals surface area contributed by atoms with E-state index in [1.54, 1.807) is 0 Å². The summed E-state index contributed by atoms with van der Waals surface area (Å²) in [6.45, 7) is 1.27. The highest BCUT2D eigenvalue weighted by atomic mass is 35.5. The maximum absolute atomic E-state index is 12.1. The molecule has 2 aromatic rings. The van der Waals surface area contributed by atoms with E-state index < -0.39 is 0 Å². The molecule has 2 atom stereocenters. The molecular formula is C17H23ClN4O. The standard InChI is InChI=1S/C17H22N4O.ClH/c18-16-7-6-15(8-16)17(22)19-9-14-10-20-21(12-14)11-13-4-2-1-3-5-13;/h1-5,10,12,15-16H,6-9,11,18H2,(H,19,22);1H. The van der Waals surface area contributed by atoms with Gasteiger partial charge in [0.25, 0.3) is 0 Å². The normalized spacial score (nSPS) is 20.0. The van der Waals surface area contributed by atoms with Gasteiger partial charge in [0, 0.05) is 30.3 Å². The van der Waals surface area contributed by atoms with Gasteiger partial charge in [-0.25, -0.2) is 0 Å². The first-order chi connectivity index (χ1) is 10.7. The van der Waals surface area contributed by atoms with Gasteiger partial charge in [0.15, 0.2) is 0 Å². The molecule has 1 aromatic carbocycles. The Labute approximate surface area is 142 Å². The second-order valence-electron chi connectivity index (χ2n) is 6.02. The molecule has 0 bridgehead atoms. The number of nitrogens with one attached hydrogen (secondary N) is 1. The fourth-order valence-corrected chi connectivity index (χ4v) is 2.94. The maximum Gasteiger partial charge on any atom is 0.223 e. The van der Waals surface area contributed by atoms with Crippen LogP contribution in [0.25, 0.3) is 0 Å². The van der Waals surface area contributed by atoms with E-state index in [1.807, 2.05) is 35.3 Å². The highest BCUT2D eigenvalue weighted by Crippen LogP contribution is 2.24. The summed E-state index contributed by atoms with van der Waals surface area (Å²) in [6, 6.07) is 10.4. The molecule has 5 nitrogen and oxygen atoms in total. The molecule has 0 saturated heterocycles. The monoisotopic (exact) mass is 334 g/mol. The lowest BCUT2D eigenvalue weighted by Gasteiger charge is -2.09. The van der Waals surface area contributed by atoms with Crippen LogP contribution in [-0.4, -0.2) is 21.7 Å². The van der Waals surface area contributed by atoms with Crippen molar-refractivity contribution in [1.29, 1.82) is 0 Å². The van der Waals surface area contributed by atoms with E-state index >= 15 is 0 Å². The molecule has 23 heavy (non-hydrogen) atoms. The van der Waals surface area contributed by atoms with Crippen molar-refractivity contribution in [2.45, 2.75) is 38.4 Å². The number of benzene rings is 1. The van der Waals surface area contributed by atoms with Crippen LogP contribution >= 0.6 is 12.4 Å². The summed E-state index contributed by atoms with van der Waals surface area (Å²) in [5.41, 5.74) is 8.08. The van der Waals surface area contributed by atoms with Crippen LogP contribution in [0.4, 0.5) is 0 Å². The van der Waals surface area contributed by atoms with E-state index in [9.17, 15) is 4.79 Å². The van der Waals surface area contributed by atoms with Crippen molar-refractivity contribution in [2.75, 3.05) is 0 Å². The molecule has 3 rings (SSSR count). The molecule has 1 amide bonds. The van der Waals surface area contributed by atoms with Crippen LogP contribution in [0.1, 0.15) is 30.4 Å². The van der Waals surface area contributed by atoms with E-state index in [-0.39, 0.29) is 30.3 Å². The van der Waals surface area contributed by atoms with Crippen molar-refractivity contribution in [3.8, 4) is 0 Å². The van der Waals surface area contributed by atoms with Crippen molar-refractivity contribution in [1.82, 2.24) is 15.1 Å². The SMILES string of the molecule is Cl.NC1CCC(C(=O)NCc2cnn(Cc3ccccc3)c2)C1. The summed E-state index contributed by atoms with van der Waals surface area (Å²) in [7, 11) is 0. The zero-order chi connectivity index (χ0) is 15.4. The number of hydrogen-bond acceptors (Lipinski definition) is 3. The number of hydrogen-bond donors (Lipinski definition) is 2. The number of amides is 1. The summed E-state index contributed by atoms with van der Waals surface area (Å²) in [4.78, 5) is 12.1. The largest absolute Gasteiger partial charge is 0.352 e. The molecule has 1 fully saturated rings. The zero-order valence-electron chi connectivity index (χ0n) is 13.0. The Bertz CT molecular complexity index is 629. The summed E-state index contributed by atoms with van der Waals surface area (Å²) in [5, 5.41) is 7.34. The highest BCUT2D eigenvalue weighted by Gasteiger charge is 2.27. The van der Waals surface area contributed by atoms with Crippen LogP contribution in [0, 0.1) is 5.92 Å². The Balaban J connectivity index is 0.00000192.